The predicted molar refractivity (Wildman–Crippen MR) is 184 cm³/mol. The van der Waals surface area contributed by atoms with Crippen LogP contribution in [0.3, 0.4) is 0 Å². The summed E-state index contributed by atoms with van der Waals surface area (Å²) in [5.74, 6) is 0.636. The van der Waals surface area contributed by atoms with E-state index in [4.69, 9.17) is 0 Å². The summed E-state index contributed by atoms with van der Waals surface area (Å²) in [7, 11) is 0. The van der Waals surface area contributed by atoms with Gasteiger partial charge in [-0.25, -0.2) is 0 Å². The summed E-state index contributed by atoms with van der Waals surface area (Å²) < 4.78 is 0. The first kappa shape index (κ1) is 29.8. The number of H-pyrrole nitrogens is 1. The quantitative estimate of drug-likeness (QED) is 0.203. The number of nitrogens with zero attached hydrogens (tertiary/aromatic N) is 2. The number of nitrogens with one attached hydrogen (secondary N) is 2. The lowest BCUT2D eigenvalue weighted by atomic mass is 9.88. The number of likely N-dealkylation sites (tertiary alicyclic amines) is 1. The van der Waals surface area contributed by atoms with Gasteiger partial charge in [0.2, 0.25) is 5.91 Å². The number of aryl methyl sites for hydroxylation is 2. The third-order valence-corrected chi connectivity index (χ3v) is 12.0. The van der Waals surface area contributed by atoms with Crippen molar-refractivity contribution in [3.05, 3.63) is 81.7 Å². The Bertz CT molecular complexity index is 1610. The van der Waals surface area contributed by atoms with E-state index in [9.17, 15) is 4.79 Å². The average Bonchev–Trinajstić information content (AvgIpc) is 3.82. The SMILES string of the molecule is Cc1cc(C)cc(-c2[nH]c3sc(C(C)(C)C(=O)N4C5CCC4CC5)cc3c2[C@H](C)CNC2CCN(Cc3ccccc3)C2)c1. The molecule has 2 aromatic carbocycles. The van der Waals surface area contributed by atoms with Gasteiger partial charge in [-0.1, -0.05) is 54.4 Å². The van der Waals surface area contributed by atoms with E-state index in [1.54, 1.807) is 11.3 Å². The summed E-state index contributed by atoms with van der Waals surface area (Å²) in [6, 6.07) is 21.4. The summed E-state index contributed by atoms with van der Waals surface area (Å²) in [6.07, 6.45) is 5.89. The Kier molecular flexibility index (Phi) is 7.97. The van der Waals surface area contributed by atoms with Gasteiger partial charge < -0.3 is 15.2 Å². The number of benzene rings is 2. The molecule has 5 nitrogen and oxygen atoms in total. The zero-order valence-corrected chi connectivity index (χ0v) is 27.9. The number of hydrogen-bond acceptors (Lipinski definition) is 4. The number of hydrogen-bond donors (Lipinski definition) is 2. The summed E-state index contributed by atoms with van der Waals surface area (Å²) >= 11 is 1.78. The minimum atomic E-state index is -0.527. The lowest BCUT2D eigenvalue weighted by Crippen LogP contribution is -2.45. The summed E-state index contributed by atoms with van der Waals surface area (Å²) in [5.41, 5.74) is 7.30. The first-order valence-corrected chi connectivity index (χ1v) is 17.6. The second kappa shape index (κ2) is 11.8. The lowest BCUT2D eigenvalue weighted by Gasteiger charge is -2.31. The average molecular weight is 609 g/mol. The number of aromatic nitrogens is 1. The molecule has 7 rings (SSSR count). The van der Waals surface area contributed by atoms with Crippen molar-refractivity contribution in [2.75, 3.05) is 19.6 Å². The highest BCUT2D eigenvalue weighted by atomic mass is 32.1. The maximum atomic E-state index is 14.0. The molecule has 6 heteroatoms. The molecule has 2 atom stereocenters. The second-order valence-corrected chi connectivity index (χ2v) is 15.5. The third kappa shape index (κ3) is 5.54. The third-order valence-electron chi connectivity index (χ3n) is 10.6. The molecule has 0 aliphatic carbocycles. The molecule has 3 aliphatic heterocycles. The first-order chi connectivity index (χ1) is 21.2. The topological polar surface area (TPSA) is 51.4 Å². The highest BCUT2D eigenvalue weighted by Gasteiger charge is 2.47. The van der Waals surface area contributed by atoms with Crippen molar-refractivity contribution in [3.8, 4) is 11.3 Å². The van der Waals surface area contributed by atoms with Gasteiger partial charge in [0.25, 0.3) is 0 Å². The molecule has 1 amide bonds. The number of thiophene rings is 1. The van der Waals surface area contributed by atoms with Gasteiger partial charge >= 0.3 is 0 Å². The molecule has 2 bridgehead atoms. The van der Waals surface area contributed by atoms with Gasteiger partial charge in [0.15, 0.2) is 0 Å². The Labute approximate surface area is 267 Å². The van der Waals surface area contributed by atoms with Gasteiger partial charge in [-0.2, -0.15) is 0 Å². The minimum absolute atomic E-state index is 0.318. The normalized spacial score (nSPS) is 22.8. The molecule has 0 radical (unpaired) electrons. The largest absolute Gasteiger partial charge is 0.346 e. The number of aromatic amines is 1. The lowest BCUT2D eigenvalue weighted by molar-refractivity contribution is -0.137. The molecule has 2 aromatic heterocycles. The van der Waals surface area contributed by atoms with Crippen molar-refractivity contribution in [1.29, 1.82) is 0 Å². The van der Waals surface area contributed by atoms with Crippen molar-refractivity contribution < 1.29 is 4.79 Å². The van der Waals surface area contributed by atoms with E-state index in [1.165, 1.54) is 80.7 Å². The number of carbonyl (C=O) groups excluding carboxylic acids is 1. The highest BCUT2D eigenvalue weighted by Crippen LogP contribution is 2.45. The van der Waals surface area contributed by atoms with Crippen LogP contribution in [-0.2, 0) is 16.8 Å². The molecular weight excluding hydrogens is 561 g/mol. The van der Waals surface area contributed by atoms with Gasteiger partial charge in [0.05, 0.1) is 11.1 Å². The number of amides is 1. The maximum Gasteiger partial charge on any atom is 0.233 e. The van der Waals surface area contributed by atoms with E-state index < -0.39 is 5.41 Å². The molecular formula is C38H48N4OS. The van der Waals surface area contributed by atoms with Crippen LogP contribution < -0.4 is 5.32 Å². The fourth-order valence-electron chi connectivity index (χ4n) is 8.27. The van der Waals surface area contributed by atoms with Crippen molar-refractivity contribution in [1.82, 2.24) is 20.1 Å². The minimum Gasteiger partial charge on any atom is -0.346 e. The number of fused-ring (bicyclic) bond motifs is 3. The summed E-state index contributed by atoms with van der Waals surface area (Å²) in [6.45, 7) is 15.2. The Balaban J connectivity index is 1.15. The van der Waals surface area contributed by atoms with Crippen LogP contribution in [0.5, 0.6) is 0 Å². The molecule has 2 N–H and O–H groups in total. The van der Waals surface area contributed by atoms with Gasteiger partial charge in [-0.05, 0) is 101 Å². The summed E-state index contributed by atoms with van der Waals surface area (Å²) in [5, 5.41) is 5.24. The van der Waals surface area contributed by atoms with E-state index in [-0.39, 0.29) is 0 Å². The molecule has 232 valence electrons. The van der Waals surface area contributed by atoms with Crippen LogP contribution in [0.15, 0.2) is 54.6 Å². The zero-order chi connectivity index (χ0) is 30.6. The molecule has 0 spiro atoms. The number of carbonyl (C=O) groups is 1. The molecule has 3 aliphatic rings. The second-order valence-electron chi connectivity index (χ2n) is 14.5. The molecule has 3 fully saturated rings. The van der Waals surface area contributed by atoms with Crippen LogP contribution in [0.1, 0.15) is 85.9 Å². The molecule has 3 saturated heterocycles. The predicted octanol–water partition coefficient (Wildman–Crippen LogP) is 7.91. The Morgan fingerprint density at radius 2 is 1.68 bits per heavy atom. The Morgan fingerprint density at radius 1 is 1.00 bits per heavy atom. The molecule has 4 aromatic rings. The Morgan fingerprint density at radius 3 is 2.36 bits per heavy atom. The van der Waals surface area contributed by atoms with Crippen LogP contribution in [0.2, 0.25) is 0 Å². The van der Waals surface area contributed by atoms with Crippen LogP contribution in [0, 0.1) is 13.8 Å². The van der Waals surface area contributed by atoms with Gasteiger partial charge in [0, 0.05) is 54.6 Å². The van der Waals surface area contributed by atoms with Crippen LogP contribution >= 0.6 is 11.3 Å². The zero-order valence-electron chi connectivity index (χ0n) is 27.1. The van der Waals surface area contributed by atoms with E-state index in [0.717, 1.165) is 26.2 Å². The molecule has 1 unspecified atom stereocenters. The molecule has 0 saturated carbocycles. The van der Waals surface area contributed by atoms with Crippen LogP contribution in [0.25, 0.3) is 21.5 Å². The maximum absolute atomic E-state index is 14.0. The van der Waals surface area contributed by atoms with Gasteiger partial charge in [0.1, 0.15) is 4.83 Å². The van der Waals surface area contributed by atoms with Crippen molar-refractivity contribution >= 4 is 27.5 Å². The van der Waals surface area contributed by atoms with Crippen molar-refractivity contribution in [3.63, 3.8) is 0 Å². The van der Waals surface area contributed by atoms with E-state index >= 15 is 0 Å². The van der Waals surface area contributed by atoms with Crippen LogP contribution in [-0.4, -0.2) is 58.5 Å². The fraction of sp³-hybridized carbons (Fsp3) is 0.500. The van der Waals surface area contributed by atoms with Crippen LogP contribution in [0.4, 0.5) is 0 Å². The highest BCUT2D eigenvalue weighted by molar-refractivity contribution is 7.19. The number of rotatable bonds is 9. The standard InChI is InChI=1S/C38H48N4OS/c1-24-17-25(2)19-28(18-24)35-34(26(3)21-39-29-15-16-41(23-29)22-27-9-7-6-8-10-27)32-20-33(44-36(32)40-35)38(4,5)37(43)42-30-11-12-31(42)14-13-30/h6-10,17-20,26,29-31,39-40H,11-16,21-23H2,1-5H3/t26-,29?,30?,31?/m1/s1. The smallest absolute Gasteiger partial charge is 0.233 e. The first-order valence-electron chi connectivity index (χ1n) is 16.7. The molecule has 44 heavy (non-hydrogen) atoms. The van der Waals surface area contributed by atoms with E-state index in [0.29, 0.717) is 30.0 Å². The van der Waals surface area contributed by atoms with E-state index in [2.05, 4.69) is 109 Å². The van der Waals surface area contributed by atoms with Gasteiger partial charge in [-0.15, -0.1) is 11.3 Å². The fourth-order valence-corrected chi connectivity index (χ4v) is 9.44. The molecule has 5 heterocycles. The van der Waals surface area contributed by atoms with Crippen molar-refractivity contribution in [2.45, 2.75) is 103 Å². The summed E-state index contributed by atoms with van der Waals surface area (Å²) in [4.78, 5) is 25.1. The Hall–Kier alpha value is -2.93. The monoisotopic (exact) mass is 608 g/mol. The van der Waals surface area contributed by atoms with Crippen molar-refractivity contribution in [2.24, 2.45) is 0 Å². The van der Waals surface area contributed by atoms with Gasteiger partial charge in [-0.3, -0.25) is 9.69 Å². The van der Waals surface area contributed by atoms with E-state index in [1.807, 2.05) is 0 Å².